The van der Waals surface area contributed by atoms with E-state index in [1.165, 1.54) is 0 Å². The maximum absolute atomic E-state index is 15.9. The number of amides is 1. The Hall–Kier alpha value is -2.69. The molecule has 1 amide bonds. The molecule has 3 heterocycles. The minimum absolute atomic E-state index is 0.124. The molecule has 0 aliphatic carbocycles. The van der Waals surface area contributed by atoms with Crippen molar-refractivity contribution in [1.82, 2.24) is 14.9 Å². The zero-order chi connectivity index (χ0) is 21.6. The fraction of sp³-hybridized carbons (Fsp3) is 0.381. The Morgan fingerprint density at radius 1 is 1.16 bits per heavy atom. The first-order chi connectivity index (χ1) is 14.9. The lowest BCUT2D eigenvalue weighted by Crippen LogP contribution is -2.58. The summed E-state index contributed by atoms with van der Waals surface area (Å²) in [6, 6.07) is 11.4. The van der Waals surface area contributed by atoms with Crippen molar-refractivity contribution in [3.05, 3.63) is 58.9 Å². The van der Waals surface area contributed by atoms with Crippen molar-refractivity contribution in [3.63, 3.8) is 0 Å². The van der Waals surface area contributed by atoms with Crippen LogP contribution in [0, 0.1) is 5.82 Å². The van der Waals surface area contributed by atoms with Gasteiger partial charge in [-0.05, 0) is 23.6 Å². The molecule has 0 saturated carbocycles. The highest BCUT2D eigenvalue weighted by Gasteiger charge is 2.40. The summed E-state index contributed by atoms with van der Waals surface area (Å²) in [5.41, 5.74) is 1.94. The van der Waals surface area contributed by atoms with Gasteiger partial charge in [0.2, 0.25) is 0 Å². The molecule has 0 spiro atoms. The standard InChI is InChI=1S/C21H23FN4O4S/c22-20-17-11-25(16-9-23-10-16)7-6-15(17)8-18(30-13-14-4-2-1-3-5-14)21(20)26-12-19(27)24-31(26,28)29/h1-5,8,16,23H,6-7,9-13H2,(H,24,27). The molecule has 0 unspecified atom stereocenters. The highest BCUT2D eigenvalue weighted by Crippen LogP contribution is 2.40. The smallest absolute Gasteiger partial charge is 0.326 e. The number of hydrogen-bond donors (Lipinski definition) is 2. The van der Waals surface area contributed by atoms with Crippen molar-refractivity contribution < 1.29 is 22.3 Å². The molecule has 0 aromatic heterocycles. The molecule has 2 aromatic rings. The number of rotatable bonds is 5. The molecule has 2 aromatic carbocycles. The molecular weight excluding hydrogens is 423 g/mol. The maximum atomic E-state index is 15.9. The zero-order valence-electron chi connectivity index (χ0n) is 16.8. The molecule has 0 atom stereocenters. The molecule has 8 nitrogen and oxygen atoms in total. The predicted octanol–water partition coefficient (Wildman–Crippen LogP) is 0.916. The van der Waals surface area contributed by atoms with Crippen LogP contribution in [0.4, 0.5) is 10.1 Å². The van der Waals surface area contributed by atoms with Crippen LogP contribution < -0.4 is 19.1 Å². The van der Waals surface area contributed by atoms with Crippen molar-refractivity contribution in [3.8, 4) is 5.75 Å². The minimum Gasteiger partial charge on any atom is -0.487 e. The summed E-state index contributed by atoms with van der Waals surface area (Å²) >= 11 is 0. The number of carbonyl (C=O) groups excluding carboxylic acids is 1. The second-order valence-electron chi connectivity index (χ2n) is 8.02. The van der Waals surface area contributed by atoms with Crippen LogP contribution in [0.2, 0.25) is 0 Å². The van der Waals surface area contributed by atoms with Gasteiger partial charge in [0.1, 0.15) is 24.6 Å². The average molecular weight is 447 g/mol. The first kappa shape index (κ1) is 20.2. The second-order valence-corrected chi connectivity index (χ2v) is 9.61. The maximum Gasteiger partial charge on any atom is 0.326 e. The monoisotopic (exact) mass is 446 g/mol. The molecule has 5 rings (SSSR count). The van der Waals surface area contributed by atoms with Gasteiger partial charge in [-0.3, -0.25) is 9.69 Å². The zero-order valence-corrected chi connectivity index (χ0v) is 17.6. The molecule has 0 bridgehead atoms. The lowest BCUT2D eigenvalue weighted by atomic mass is 9.95. The van der Waals surface area contributed by atoms with Gasteiger partial charge in [0, 0.05) is 37.8 Å². The van der Waals surface area contributed by atoms with Crippen LogP contribution in [0.1, 0.15) is 16.7 Å². The minimum atomic E-state index is -4.18. The fourth-order valence-electron chi connectivity index (χ4n) is 4.21. The molecule has 10 heteroatoms. The summed E-state index contributed by atoms with van der Waals surface area (Å²) in [5.74, 6) is -1.22. The molecule has 0 radical (unpaired) electrons. The number of nitrogens with zero attached hydrogens (tertiary/aromatic N) is 2. The van der Waals surface area contributed by atoms with E-state index in [4.69, 9.17) is 4.74 Å². The predicted molar refractivity (Wildman–Crippen MR) is 112 cm³/mol. The number of benzene rings is 2. The molecule has 2 N–H and O–H groups in total. The Morgan fingerprint density at radius 2 is 1.94 bits per heavy atom. The normalized spacial score (nSPS) is 20.8. The topological polar surface area (TPSA) is 91.0 Å². The Kier molecular flexibility index (Phi) is 5.07. The lowest BCUT2D eigenvalue weighted by molar-refractivity contribution is -0.117. The van der Waals surface area contributed by atoms with Crippen LogP contribution in [0.25, 0.3) is 0 Å². The van der Waals surface area contributed by atoms with E-state index in [0.29, 0.717) is 24.6 Å². The molecule has 2 saturated heterocycles. The molecule has 3 aliphatic heterocycles. The van der Waals surface area contributed by atoms with Crippen molar-refractivity contribution in [2.45, 2.75) is 25.6 Å². The van der Waals surface area contributed by atoms with Gasteiger partial charge in [0.25, 0.3) is 5.91 Å². The van der Waals surface area contributed by atoms with Crippen LogP contribution in [-0.2, 0) is 34.6 Å². The third kappa shape index (κ3) is 3.75. The van der Waals surface area contributed by atoms with Crippen molar-refractivity contribution in [1.29, 1.82) is 0 Å². The molecule has 31 heavy (non-hydrogen) atoms. The Balaban J connectivity index is 1.54. The van der Waals surface area contributed by atoms with E-state index in [0.717, 1.165) is 35.1 Å². The summed E-state index contributed by atoms with van der Waals surface area (Å²) in [7, 11) is -4.18. The first-order valence-electron chi connectivity index (χ1n) is 10.2. The highest BCUT2D eigenvalue weighted by atomic mass is 32.2. The SMILES string of the molecule is O=C1CN(c2c(OCc3ccccc3)cc3c(c2F)CN(C2CNC2)CC3)S(=O)(=O)N1. The summed E-state index contributed by atoms with van der Waals surface area (Å²) < 4.78 is 49.5. The van der Waals surface area contributed by atoms with Crippen molar-refractivity contribution in [2.75, 3.05) is 30.5 Å². The molecule has 3 aliphatic rings. The van der Waals surface area contributed by atoms with Crippen LogP contribution in [-0.4, -0.2) is 51.4 Å². The first-order valence-corrected chi connectivity index (χ1v) is 11.7. The van der Waals surface area contributed by atoms with Crippen LogP contribution in [0.5, 0.6) is 5.75 Å². The van der Waals surface area contributed by atoms with Gasteiger partial charge in [-0.25, -0.2) is 13.4 Å². The summed E-state index contributed by atoms with van der Waals surface area (Å²) in [6.45, 7) is 2.60. The van der Waals surface area contributed by atoms with Gasteiger partial charge in [-0.15, -0.1) is 0 Å². The third-order valence-corrected chi connectivity index (χ3v) is 7.39. The lowest BCUT2D eigenvalue weighted by Gasteiger charge is -2.41. The van der Waals surface area contributed by atoms with Crippen LogP contribution >= 0.6 is 0 Å². The Labute approximate surface area is 180 Å². The van der Waals surface area contributed by atoms with E-state index < -0.39 is 28.5 Å². The quantitative estimate of drug-likeness (QED) is 0.710. The number of hydrogen-bond acceptors (Lipinski definition) is 6. The number of ether oxygens (including phenoxy) is 1. The van der Waals surface area contributed by atoms with Crippen molar-refractivity contribution >= 4 is 21.8 Å². The van der Waals surface area contributed by atoms with Crippen molar-refractivity contribution in [2.24, 2.45) is 0 Å². The van der Waals surface area contributed by atoms with Gasteiger partial charge in [0.05, 0.1) is 0 Å². The van der Waals surface area contributed by atoms with E-state index in [2.05, 4.69) is 10.2 Å². The van der Waals surface area contributed by atoms with Crippen LogP contribution in [0.15, 0.2) is 36.4 Å². The molecule has 2 fully saturated rings. The average Bonchev–Trinajstić information content (AvgIpc) is 2.98. The van der Waals surface area contributed by atoms with Gasteiger partial charge >= 0.3 is 10.2 Å². The number of carbonyl (C=O) groups is 1. The number of halogens is 1. The number of fused-ring (bicyclic) bond motifs is 1. The largest absolute Gasteiger partial charge is 0.487 e. The highest BCUT2D eigenvalue weighted by molar-refractivity contribution is 7.92. The van der Waals surface area contributed by atoms with E-state index in [9.17, 15) is 13.2 Å². The van der Waals surface area contributed by atoms with Crippen LogP contribution in [0.3, 0.4) is 0 Å². The fourth-order valence-corrected chi connectivity index (χ4v) is 5.37. The summed E-state index contributed by atoms with van der Waals surface area (Å²) in [5, 5.41) is 3.22. The van der Waals surface area contributed by atoms with Gasteiger partial charge < -0.3 is 10.1 Å². The van der Waals surface area contributed by atoms with E-state index in [1.807, 2.05) is 35.1 Å². The Morgan fingerprint density at radius 3 is 2.58 bits per heavy atom. The number of nitrogens with one attached hydrogen (secondary N) is 2. The molecular formula is C21H23FN4O4S. The number of anilines is 1. The van der Waals surface area contributed by atoms with Gasteiger partial charge in [0.15, 0.2) is 5.82 Å². The van der Waals surface area contributed by atoms with Gasteiger partial charge in [-0.2, -0.15) is 8.42 Å². The van der Waals surface area contributed by atoms with E-state index in [1.54, 1.807) is 6.07 Å². The molecule has 164 valence electrons. The van der Waals surface area contributed by atoms with E-state index >= 15 is 4.39 Å². The van der Waals surface area contributed by atoms with E-state index in [-0.39, 0.29) is 18.0 Å². The second kappa shape index (κ2) is 7.77. The Bertz CT molecular complexity index is 1120. The summed E-state index contributed by atoms with van der Waals surface area (Å²) in [6.07, 6.45) is 0.647. The third-order valence-electron chi connectivity index (χ3n) is 6.01. The van der Waals surface area contributed by atoms with Gasteiger partial charge in [-0.1, -0.05) is 30.3 Å². The summed E-state index contributed by atoms with van der Waals surface area (Å²) in [4.78, 5) is 14.0.